The smallest absolute Gasteiger partial charge is 0.319 e. The quantitative estimate of drug-likeness (QED) is 0.720. The standard InChI is InChI=1S/C18H28N2O3/c1-13(10-11-21)12-19-18(22)20-16-8-5-9-17(14(16)2)23-15-6-3-4-7-15/h5,8-9,13,15,21H,3-4,6-7,10-12H2,1-2H3,(H2,19,20,22). The number of aliphatic hydroxyl groups excluding tert-OH is 1. The summed E-state index contributed by atoms with van der Waals surface area (Å²) in [5.41, 5.74) is 1.73. The van der Waals surface area contributed by atoms with Crippen LogP contribution in [0.2, 0.25) is 0 Å². The molecule has 1 unspecified atom stereocenters. The highest BCUT2D eigenvalue weighted by Gasteiger charge is 2.18. The molecule has 1 aliphatic rings. The first kappa shape index (κ1) is 17.6. The molecule has 5 heteroatoms. The Hall–Kier alpha value is -1.75. The number of hydrogen-bond acceptors (Lipinski definition) is 3. The fraction of sp³-hybridized carbons (Fsp3) is 0.611. The van der Waals surface area contributed by atoms with Gasteiger partial charge in [0.25, 0.3) is 0 Å². The average Bonchev–Trinajstić information content (AvgIpc) is 3.03. The van der Waals surface area contributed by atoms with Crippen LogP contribution in [0.4, 0.5) is 10.5 Å². The van der Waals surface area contributed by atoms with Gasteiger partial charge in [0.05, 0.1) is 6.10 Å². The molecule has 0 aromatic heterocycles. The van der Waals surface area contributed by atoms with Crippen LogP contribution in [0.3, 0.4) is 0 Å². The highest BCUT2D eigenvalue weighted by Crippen LogP contribution is 2.30. The van der Waals surface area contributed by atoms with Crippen LogP contribution in [0.1, 0.15) is 44.6 Å². The predicted octanol–water partition coefficient (Wildman–Crippen LogP) is 3.46. The first-order valence-electron chi connectivity index (χ1n) is 8.52. The molecule has 1 aromatic rings. The summed E-state index contributed by atoms with van der Waals surface area (Å²) >= 11 is 0. The molecule has 1 saturated carbocycles. The third kappa shape index (κ3) is 5.43. The van der Waals surface area contributed by atoms with Crippen molar-refractivity contribution in [1.82, 2.24) is 5.32 Å². The largest absolute Gasteiger partial charge is 0.490 e. The van der Waals surface area contributed by atoms with Crippen molar-refractivity contribution in [1.29, 1.82) is 0 Å². The number of hydrogen-bond donors (Lipinski definition) is 3. The molecule has 5 nitrogen and oxygen atoms in total. The summed E-state index contributed by atoms with van der Waals surface area (Å²) in [5, 5.41) is 14.6. The van der Waals surface area contributed by atoms with E-state index in [9.17, 15) is 4.79 Å². The van der Waals surface area contributed by atoms with Crippen molar-refractivity contribution < 1.29 is 14.6 Å². The van der Waals surface area contributed by atoms with Gasteiger partial charge in [-0.05, 0) is 57.1 Å². The first-order chi connectivity index (χ1) is 11.1. The number of nitrogens with one attached hydrogen (secondary N) is 2. The molecule has 2 rings (SSSR count). The van der Waals surface area contributed by atoms with Crippen LogP contribution in [-0.2, 0) is 0 Å². The number of amides is 2. The average molecular weight is 320 g/mol. The molecule has 2 amide bonds. The number of aliphatic hydroxyl groups is 1. The van der Waals surface area contributed by atoms with E-state index in [0.717, 1.165) is 29.8 Å². The Bertz CT molecular complexity index is 513. The van der Waals surface area contributed by atoms with E-state index in [1.54, 1.807) is 0 Å². The van der Waals surface area contributed by atoms with Gasteiger partial charge in [0.15, 0.2) is 0 Å². The summed E-state index contributed by atoms with van der Waals surface area (Å²) in [6.45, 7) is 4.65. The molecule has 0 spiro atoms. The van der Waals surface area contributed by atoms with Gasteiger partial charge in [-0.1, -0.05) is 13.0 Å². The number of carbonyl (C=O) groups is 1. The molecule has 0 heterocycles. The van der Waals surface area contributed by atoms with Gasteiger partial charge < -0.3 is 20.5 Å². The number of rotatable bonds is 7. The summed E-state index contributed by atoms with van der Waals surface area (Å²) < 4.78 is 6.06. The Balaban J connectivity index is 1.90. The second-order valence-corrected chi connectivity index (χ2v) is 6.41. The fourth-order valence-electron chi connectivity index (χ4n) is 2.82. The molecule has 0 aliphatic heterocycles. The molecule has 1 aromatic carbocycles. The summed E-state index contributed by atoms with van der Waals surface area (Å²) in [5.74, 6) is 1.10. The Labute approximate surface area is 138 Å². The van der Waals surface area contributed by atoms with Crippen LogP contribution in [0, 0.1) is 12.8 Å². The fourth-order valence-corrected chi connectivity index (χ4v) is 2.82. The molecule has 0 saturated heterocycles. The second-order valence-electron chi connectivity index (χ2n) is 6.41. The van der Waals surface area contributed by atoms with Crippen molar-refractivity contribution in [2.24, 2.45) is 5.92 Å². The van der Waals surface area contributed by atoms with Crippen molar-refractivity contribution in [3.63, 3.8) is 0 Å². The topological polar surface area (TPSA) is 70.6 Å². The van der Waals surface area contributed by atoms with E-state index in [1.807, 2.05) is 32.0 Å². The molecule has 0 bridgehead atoms. The number of anilines is 1. The molecule has 3 N–H and O–H groups in total. The van der Waals surface area contributed by atoms with E-state index in [4.69, 9.17) is 9.84 Å². The zero-order valence-electron chi connectivity index (χ0n) is 14.1. The normalized spacial score (nSPS) is 16.1. The highest BCUT2D eigenvalue weighted by molar-refractivity contribution is 5.90. The van der Waals surface area contributed by atoms with Gasteiger partial charge in [-0.2, -0.15) is 0 Å². The van der Waals surface area contributed by atoms with E-state index in [0.29, 0.717) is 19.1 Å². The predicted molar refractivity (Wildman–Crippen MR) is 92.0 cm³/mol. The van der Waals surface area contributed by atoms with Gasteiger partial charge >= 0.3 is 6.03 Å². The second kappa shape index (κ2) is 8.77. The van der Waals surface area contributed by atoms with Crippen LogP contribution >= 0.6 is 0 Å². The molecule has 1 fully saturated rings. The Morgan fingerprint density at radius 3 is 2.83 bits per heavy atom. The molecule has 1 aliphatic carbocycles. The van der Waals surface area contributed by atoms with Gasteiger partial charge in [-0.25, -0.2) is 4.79 Å². The minimum atomic E-state index is -0.226. The Kier molecular flexibility index (Phi) is 6.71. The van der Waals surface area contributed by atoms with Crippen molar-refractivity contribution >= 4 is 11.7 Å². The van der Waals surface area contributed by atoms with Gasteiger partial charge in [-0.3, -0.25) is 0 Å². The number of ether oxygens (including phenoxy) is 1. The first-order valence-corrected chi connectivity index (χ1v) is 8.52. The van der Waals surface area contributed by atoms with Crippen molar-refractivity contribution in [2.75, 3.05) is 18.5 Å². The third-order valence-electron chi connectivity index (χ3n) is 4.36. The maximum absolute atomic E-state index is 12.0. The SMILES string of the molecule is Cc1c(NC(=O)NCC(C)CCO)cccc1OC1CCCC1. The minimum Gasteiger partial charge on any atom is -0.490 e. The van der Waals surface area contributed by atoms with Gasteiger partial charge in [-0.15, -0.1) is 0 Å². The maximum Gasteiger partial charge on any atom is 0.319 e. The third-order valence-corrected chi connectivity index (χ3v) is 4.36. The molecule has 1 atom stereocenters. The summed E-state index contributed by atoms with van der Waals surface area (Å²) in [6, 6.07) is 5.52. The highest BCUT2D eigenvalue weighted by atomic mass is 16.5. The summed E-state index contributed by atoms with van der Waals surface area (Å²) in [4.78, 5) is 12.0. The number of urea groups is 1. The van der Waals surface area contributed by atoms with Crippen molar-refractivity contribution in [3.05, 3.63) is 23.8 Å². The molecule has 128 valence electrons. The number of benzene rings is 1. The lowest BCUT2D eigenvalue weighted by molar-refractivity contribution is 0.209. The van der Waals surface area contributed by atoms with Crippen molar-refractivity contribution in [2.45, 2.75) is 52.1 Å². The minimum absolute atomic E-state index is 0.143. The van der Waals surface area contributed by atoms with E-state index >= 15 is 0 Å². The van der Waals surface area contributed by atoms with E-state index in [1.165, 1.54) is 12.8 Å². The van der Waals surface area contributed by atoms with E-state index in [2.05, 4.69) is 10.6 Å². The molecular weight excluding hydrogens is 292 g/mol. The lowest BCUT2D eigenvalue weighted by Gasteiger charge is -2.18. The number of carbonyl (C=O) groups excluding carboxylic acids is 1. The van der Waals surface area contributed by atoms with Crippen molar-refractivity contribution in [3.8, 4) is 5.75 Å². The van der Waals surface area contributed by atoms with E-state index < -0.39 is 0 Å². The zero-order chi connectivity index (χ0) is 16.7. The zero-order valence-corrected chi connectivity index (χ0v) is 14.1. The molecule has 23 heavy (non-hydrogen) atoms. The van der Waals surface area contributed by atoms with Crippen LogP contribution in [0.25, 0.3) is 0 Å². The lowest BCUT2D eigenvalue weighted by Crippen LogP contribution is -2.32. The van der Waals surface area contributed by atoms with Gasteiger partial charge in [0, 0.05) is 24.4 Å². The Morgan fingerprint density at radius 2 is 2.13 bits per heavy atom. The summed E-state index contributed by atoms with van der Waals surface area (Å²) in [7, 11) is 0. The maximum atomic E-state index is 12.0. The monoisotopic (exact) mass is 320 g/mol. The lowest BCUT2D eigenvalue weighted by atomic mass is 10.1. The van der Waals surface area contributed by atoms with Crippen LogP contribution in [0.5, 0.6) is 5.75 Å². The molecular formula is C18H28N2O3. The van der Waals surface area contributed by atoms with Gasteiger partial charge in [0.1, 0.15) is 5.75 Å². The van der Waals surface area contributed by atoms with Crippen LogP contribution in [0.15, 0.2) is 18.2 Å². The van der Waals surface area contributed by atoms with Gasteiger partial charge in [0.2, 0.25) is 0 Å². The van der Waals surface area contributed by atoms with Crippen LogP contribution < -0.4 is 15.4 Å². The molecule has 0 radical (unpaired) electrons. The summed E-state index contributed by atoms with van der Waals surface area (Å²) in [6.07, 6.45) is 5.67. The van der Waals surface area contributed by atoms with E-state index in [-0.39, 0.29) is 18.6 Å². The Morgan fingerprint density at radius 1 is 1.39 bits per heavy atom. The van der Waals surface area contributed by atoms with Crippen LogP contribution in [-0.4, -0.2) is 30.4 Å².